The van der Waals surface area contributed by atoms with Crippen LogP contribution in [0.15, 0.2) is 29.3 Å². The lowest BCUT2D eigenvalue weighted by Gasteiger charge is -2.47. The fourth-order valence-electron chi connectivity index (χ4n) is 4.41. The lowest BCUT2D eigenvalue weighted by Crippen LogP contribution is -2.62. The molecule has 0 spiro atoms. The van der Waals surface area contributed by atoms with Gasteiger partial charge in [-0.15, -0.1) is 0 Å². The molecule has 0 radical (unpaired) electrons. The molecule has 1 aromatic rings. The fraction of sp³-hybridized carbons (Fsp3) is 0.650. The third-order valence-corrected chi connectivity index (χ3v) is 5.98. The topological polar surface area (TPSA) is 57.6 Å². The normalized spacial score (nSPS) is 28.5. The number of aromatic hydroxyl groups is 1. The molecule has 0 amide bonds. The van der Waals surface area contributed by atoms with Gasteiger partial charge < -0.3 is 20.2 Å². The molecule has 1 aromatic carbocycles. The summed E-state index contributed by atoms with van der Waals surface area (Å²) in [5, 5.41) is 13.6. The molecule has 4 fully saturated rings. The number of benzene rings is 1. The molecule has 27 heavy (non-hydrogen) atoms. The number of guanidine groups is 1. The SMILES string of the molecule is CCNC(=NCC1CN2CCN1CC2)N1CCN(c2ccccc2O)CC1. The van der Waals surface area contributed by atoms with E-state index in [-0.39, 0.29) is 0 Å². The second kappa shape index (κ2) is 8.35. The predicted molar refractivity (Wildman–Crippen MR) is 110 cm³/mol. The van der Waals surface area contributed by atoms with Crippen LogP contribution in [0.1, 0.15) is 6.92 Å². The number of nitrogens with zero attached hydrogens (tertiary/aromatic N) is 5. The maximum Gasteiger partial charge on any atom is 0.194 e. The highest BCUT2D eigenvalue weighted by Crippen LogP contribution is 2.27. The molecule has 148 valence electrons. The summed E-state index contributed by atoms with van der Waals surface area (Å²) in [5.41, 5.74) is 0.930. The molecule has 2 bridgehead atoms. The first-order valence-electron chi connectivity index (χ1n) is 10.3. The summed E-state index contributed by atoms with van der Waals surface area (Å²) in [6.07, 6.45) is 0. The van der Waals surface area contributed by atoms with Gasteiger partial charge in [-0.1, -0.05) is 12.1 Å². The molecule has 1 atom stereocenters. The van der Waals surface area contributed by atoms with E-state index in [0.29, 0.717) is 11.8 Å². The minimum Gasteiger partial charge on any atom is -0.506 e. The Balaban J connectivity index is 1.36. The maximum absolute atomic E-state index is 10.1. The summed E-state index contributed by atoms with van der Waals surface area (Å²) in [6.45, 7) is 13.5. The summed E-state index contributed by atoms with van der Waals surface area (Å²) in [6, 6.07) is 8.16. The van der Waals surface area contributed by atoms with Crippen LogP contribution in [0.25, 0.3) is 0 Å². The van der Waals surface area contributed by atoms with Crippen molar-refractivity contribution in [3.8, 4) is 5.75 Å². The van der Waals surface area contributed by atoms with Crippen molar-refractivity contribution in [3.63, 3.8) is 0 Å². The van der Waals surface area contributed by atoms with Crippen molar-refractivity contribution in [2.45, 2.75) is 13.0 Å². The maximum atomic E-state index is 10.1. The highest BCUT2D eigenvalue weighted by atomic mass is 16.3. The molecule has 0 saturated carbocycles. The van der Waals surface area contributed by atoms with E-state index >= 15 is 0 Å². The van der Waals surface area contributed by atoms with Crippen molar-refractivity contribution in [2.24, 2.45) is 4.99 Å². The smallest absolute Gasteiger partial charge is 0.194 e. The first kappa shape index (κ1) is 18.4. The van der Waals surface area contributed by atoms with Crippen molar-refractivity contribution < 1.29 is 5.11 Å². The van der Waals surface area contributed by atoms with E-state index in [1.165, 1.54) is 26.2 Å². The Morgan fingerprint density at radius 3 is 2.44 bits per heavy atom. The minimum atomic E-state index is 0.364. The average molecular weight is 373 g/mol. The zero-order chi connectivity index (χ0) is 18.6. The number of aliphatic imine (C=N–C) groups is 1. The van der Waals surface area contributed by atoms with Gasteiger partial charge in [0.15, 0.2) is 5.96 Å². The van der Waals surface area contributed by atoms with Crippen LogP contribution in [0, 0.1) is 0 Å². The van der Waals surface area contributed by atoms with Gasteiger partial charge in [-0.3, -0.25) is 14.8 Å². The Morgan fingerprint density at radius 1 is 1.07 bits per heavy atom. The van der Waals surface area contributed by atoms with Gasteiger partial charge in [0.1, 0.15) is 5.75 Å². The first-order chi connectivity index (χ1) is 13.2. The van der Waals surface area contributed by atoms with Gasteiger partial charge >= 0.3 is 0 Å². The van der Waals surface area contributed by atoms with E-state index < -0.39 is 0 Å². The van der Waals surface area contributed by atoms with Crippen LogP contribution in [0.4, 0.5) is 5.69 Å². The molecule has 4 saturated heterocycles. The fourth-order valence-corrected chi connectivity index (χ4v) is 4.41. The molecule has 0 aliphatic carbocycles. The lowest BCUT2D eigenvalue weighted by molar-refractivity contribution is 0.0173. The van der Waals surface area contributed by atoms with Gasteiger partial charge in [0.25, 0.3) is 0 Å². The van der Waals surface area contributed by atoms with E-state index in [1.807, 2.05) is 18.2 Å². The van der Waals surface area contributed by atoms with Crippen molar-refractivity contribution in [2.75, 3.05) is 76.9 Å². The van der Waals surface area contributed by atoms with E-state index in [1.54, 1.807) is 6.07 Å². The van der Waals surface area contributed by atoms with Gasteiger partial charge in [-0.25, -0.2) is 0 Å². The Morgan fingerprint density at radius 2 is 1.81 bits per heavy atom. The highest BCUT2D eigenvalue weighted by Gasteiger charge is 2.31. The Hall–Kier alpha value is -1.99. The molecule has 4 aliphatic rings. The third-order valence-electron chi connectivity index (χ3n) is 5.98. The van der Waals surface area contributed by atoms with Crippen LogP contribution in [0.2, 0.25) is 0 Å². The molecule has 2 N–H and O–H groups in total. The third kappa shape index (κ3) is 4.14. The number of rotatable bonds is 4. The number of nitrogens with one attached hydrogen (secondary N) is 1. The molecule has 0 aromatic heterocycles. The average Bonchev–Trinajstić information content (AvgIpc) is 2.73. The molecule has 1 unspecified atom stereocenters. The molecular weight excluding hydrogens is 340 g/mol. The molecule has 7 heteroatoms. The van der Waals surface area contributed by atoms with E-state index in [2.05, 4.69) is 31.8 Å². The zero-order valence-corrected chi connectivity index (χ0v) is 16.3. The van der Waals surface area contributed by atoms with Crippen LogP contribution < -0.4 is 10.2 Å². The molecular formula is C20H32N6O. The standard InChI is InChI=1S/C20H32N6O/c1-2-21-20(22-15-17-16-23-7-9-24(17)10-8-23)26-13-11-25(12-14-26)18-5-3-4-6-19(18)27/h3-6,17,27H,2,7-16H2,1H3,(H,21,22). The first-order valence-corrected chi connectivity index (χ1v) is 10.3. The van der Waals surface area contributed by atoms with E-state index in [9.17, 15) is 5.11 Å². The van der Waals surface area contributed by atoms with E-state index in [4.69, 9.17) is 4.99 Å². The number of fused-ring (bicyclic) bond motifs is 3. The molecule has 7 nitrogen and oxygen atoms in total. The summed E-state index contributed by atoms with van der Waals surface area (Å²) >= 11 is 0. The van der Waals surface area contributed by atoms with Gasteiger partial charge in [0, 0.05) is 71.5 Å². The lowest BCUT2D eigenvalue weighted by atomic mass is 10.1. The second-order valence-electron chi connectivity index (χ2n) is 7.65. The van der Waals surface area contributed by atoms with Gasteiger partial charge in [-0.2, -0.15) is 0 Å². The van der Waals surface area contributed by atoms with Crippen molar-refractivity contribution in [3.05, 3.63) is 24.3 Å². The number of para-hydroxylation sites is 2. The number of anilines is 1. The molecule has 4 aliphatic heterocycles. The van der Waals surface area contributed by atoms with Crippen molar-refractivity contribution in [1.82, 2.24) is 20.0 Å². The van der Waals surface area contributed by atoms with Crippen LogP contribution in [0.5, 0.6) is 5.75 Å². The summed E-state index contributed by atoms with van der Waals surface area (Å²) in [4.78, 5) is 14.8. The summed E-state index contributed by atoms with van der Waals surface area (Å²) in [7, 11) is 0. The number of piperazine rings is 4. The Kier molecular flexibility index (Phi) is 5.69. The van der Waals surface area contributed by atoms with Crippen LogP contribution in [-0.2, 0) is 0 Å². The van der Waals surface area contributed by atoms with Crippen molar-refractivity contribution in [1.29, 1.82) is 0 Å². The van der Waals surface area contributed by atoms with Gasteiger partial charge in [-0.05, 0) is 19.1 Å². The number of phenolic OH excluding ortho intramolecular Hbond substituents is 1. The number of phenols is 1. The largest absolute Gasteiger partial charge is 0.506 e. The van der Waals surface area contributed by atoms with Crippen LogP contribution in [0.3, 0.4) is 0 Å². The Labute approximate surface area is 162 Å². The number of hydrogen-bond acceptors (Lipinski definition) is 5. The highest BCUT2D eigenvalue weighted by molar-refractivity contribution is 5.80. The predicted octanol–water partition coefficient (Wildman–Crippen LogP) is 0.480. The quantitative estimate of drug-likeness (QED) is 0.592. The van der Waals surface area contributed by atoms with Crippen molar-refractivity contribution >= 4 is 11.6 Å². The van der Waals surface area contributed by atoms with Gasteiger partial charge in [0.2, 0.25) is 0 Å². The van der Waals surface area contributed by atoms with Crippen LogP contribution >= 0.6 is 0 Å². The minimum absolute atomic E-state index is 0.364. The molecule has 4 heterocycles. The number of hydrogen-bond donors (Lipinski definition) is 2. The van der Waals surface area contributed by atoms with Gasteiger partial charge in [0.05, 0.1) is 12.2 Å². The van der Waals surface area contributed by atoms with E-state index in [0.717, 1.165) is 57.5 Å². The summed E-state index contributed by atoms with van der Waals surface area (Å²) in [5.74, 6) is 1.40. The second-order valence-corrected chi connectivity index (χ2v) is 7.65. The van der Waals surface area contributed by atoms with Crippen LogP contribution in [-0.4, -0.2) is 104 Å². The zero-order valence-electron chi connectivity index (χ0n) is 16.3. The Bertz CT molecular complexity index is 650. The molecule has 5 rings (SSSR count). The summed E-state index contributed by atoms with van der Waals surface area (Å²) < 4.78 is 0. The monoisotopic (exact) mass is 372 g/mol.